The van der Waals surface area contributed by atoms with Gasteiger partial charge in [-0.3, -0.25) is 0 Å². The standard InChI is InChI=1S/C18H24FN5/c1-24(2)10-9-20-18-22-16(14-5-6-14)11-17(23-18)21-12-13-3-7-15(19)8-4-13/h3-4,7-8,11,14H,5-6,9-10,12H2,1-2H3,(H2,20,21,22,23). The molecular weight excluding hydrogens is 305 g/mol. The van der Waals surface area contributed by atoms with Crippen LogP contribution in [-0.4, -0.2) is 42.1 Å². The smallest absolute Gasteiger partial charge is 0.224 e. The number of benzene rings is 1. The average molecular weight is 329 g/mol. The Bertz CT molecular complexity index is 668. The number of rotatable bonds is 8. The Hall–Kier alpha value is -2.21. The van der Waals surface area contributed by atoms with Crippen molar-refractivity contribution in [2.75, 3.05) is 37.8 Å². The number of anilines is 2. The third-order valence-electron chi connectivity index (χ3n) is 3.97. The third-order valence-corrected chi connectivity index (χ3v) is 3.97. The van der Waals surface area contributed by atoms with Crippen molar-refractivity contribution >= 4 is 11.8 Å². The van der Waals surface area contributed by atoms with E-state index < -0.39 is 0 Å². The second-order valence-corrected chi connectivity index (χ2v) is 6.49. The molecule has 3 rings (SSSR count). The summed E-state index contributed by atoms with van der Waals surface area (Å²) in [5.74, 6) is 1.82. The van der Waals surface area contributed by atoms with E-state index in [1.54, 1.807) is 12.1 Å². The molecule has 0 spiro atoms. The van der Waals surface area contributed by atoms with Crippen molar-refractivity contribution in [2.45, 2.75) is 25.3 Å². The molecule has 5 nitrogen and oxygen atoms in total. The van der Waals surface area contributed by atoms with Gasteiger partial charge in [0.25, 0.3) is 0 Å². The summed E-state index contributed by atoms with van der Waals surface area (Å²) in [6.07, 6.45) is 2.40. The fraction of sp³-hybridized carbons (Fsp3) is 0.444. The van der Waals surface area contributed by atoms with Gasteiger partial charge in [-0.05, 0) is 44.6 Å². The quantitative estimate of drug-likeness (QED) is 0.779. The molecule has 0 aliphatic heterocycles. The third kappa shape index (κ3) is 4.89. The van der Waals surface area contributed by atoms with Gasteiger partial charge in [0.05, 0.1) is 5.69 Å². The lowest BCUT2D eigenvalue weighted by Gasteiger charge is -2.13. The maximum atomic E-state index is 13.0. The first-order valence-electron chi connectivity index (χ1n) is 8.36. The van der Waals surface area contributed by atoms with Gasteiger partial charge in [-0.2, -0.15) is 4.98 Å². The maximum Gasteiger partial charge on any atom is 0.224 e. The van der Waals surface area contributed by atoms with E-state index in [-0.39, 0.29) is 5.82 Å². The van der Waals surface area contributed by atoms with Crippen molar-refractivity contribution in [3.05, 3.63) is 47.4 Å². The highest BCUT2D eigenvalue weighted by atomic mass is 19.1. The summed E-state index contributed by atoms with van der Waals surface area (Å²) >= 11 is 0. The zero-order chi connectivity index (χ0) is 16.9. The summed E-state index contributed by atoms with van der Waals surface area (Å²) < 4.78 is 13.0. The van der Waals surface area contributed by atoms with Crippen LogP contribution in [0.1, 0.15) is 30.0 Å². The fourth-order valence-corrected chi connectivity index (χ4v) is 2.41. The number of nitrogens with one attached hydrogen (secondary N) is 2. The minimum Gasteiger partial charge on any atom is -0.366 e. The van der Waals surface area contributed by atoms with Crippen molar-refractivity contribution < 1.29 is 4.39 Å². The lowest BCUT2D eigenvalue weighted by atomic mass is 10.2. The van der Waals surface area contributed by atoms with E-state index in [9.17, 15) is 4.39 Å². The lowest BCUT2D eigenvalue weighted by molar-refractivity contribution is 0.425. The molecule has 2 aromatic rings. The molecule has 1 aromatic heterocycles. The molecule has 1 aromatic carbocycles. The Labute approximate surface area is 142 Å². The summed E-state index contributed by atoms with van der Waals surface area (Å²) in [5.41, 5.74) is 2.11. The van der Waals surface area contributed by atoms with Crippen molar-refractivity contribution in [3.8, 4) is 0 Å². The highest BCUT2D eigenvalue weighted by molar-refractivity contribution is 5.44. The SMILES string of the molecule is CN(C)CCNc1nc(NCc2ccc(F)cc2)cc(C2CC2)n1. The van der Waals surface area contributed by atoms with E-state index in [0.29, 0.717) is 18.4 Å². The predicted molar refractivity (Wildman–Crippen MR) is 94.8 cm³/mol. The Kier molecular flexibility index (Phi) is 5.25. The average Bonchev–Trinajstić information content (AvgIpc) is 3.39. The maximum absolute atomic E-state index is 13.0. The molecule has 2 N–H and O–H groups in total. The summed E-state index contributed by atoms with van der Waals surface area (Å²) in [5, 5.41) is 6.61. The Morgan fingerprint density at radius 3 is 2.54 bits per heavy atom. The topological polar surface area (TPSA) is 53.1 Å². The lowest BCUT2D eigenvalue weighted by Crippen LogP contribution is -2.21. The van der Waals surface area contributed by atoms with Gasteiger partial charge in [-0.15, -0.1) is 0 Å². The fourth-order valence-electron chi connectivity index (χ4n) is 2.41. The van der Waals surface area contributed by atoms with Crippen LogP contribution in [-0.2, 0) is 6.54 Å². The molecule has 1 fully saturated rings. The van der Waals surface area contributed by atoms with Crippen molar-refractivity contribution in [1.29, 1.82) is 0 Å². The molecule has 1 heterocycles. The second-order valence-electron chi connectivity index (χ2n) is 6.49. The predicted octanol–water partition coefficient (Wildman–Crippen LogP) is 3.08. The summed E-state index contributed by atoms with van der Waals surface area (Å²) in [7, 11) is 4.08. The molecule has 128 valence electrons. The minimum atomic E-state index is -0.218. The normalized spacial score (nSPS) is 14.0. The van der Waals surface area contributed by atoms with Gasteiger partial charge in [-0.1, -0.05) is 12.1 Å². The van der Waals surface area contributed by atoms with Crippen LogP contribution in [0.4, 0.5) is 16.2 Å². The van der Waals surface area contributed by atoms with Gasteiger partial charge < -0.3 is 15.5 Å². The molecule has 1 aliphatic carbocycles. The Morgan fingerprint density at radius 1 is 1.12 bits per heavy atom. The van der Waals surface area contributed by atoms with Crippen LogP contribution in [0.15, 0.2) is 30.3 Å². The van der Waals surface area contributed by atoms with E-state index in [1.807, 2.05) is 20.2 Å². The van der Waals surface area contributed by atoms with Crippen LogP contribution in [0, 0.1) is 5.82 Å². The van der Waals surface area contributed by atoms with Crippen LogP contribution in [0.2, 0.25) is 0 Å². The molecule has 0 saturated heterocycles. The van der Waals surface area contributed by atoms with Crippen LogP contribution >= 0.6 is 0 Å². The van der Waals surface area contributed by atoms with Gasteiger partial charge in [0.15, 0.2) is 0 Å². The molecule has 1 saturated carbocycles. The Morgan fingerprint density at radius 2 is 1.88 bits per heavy atom. The molecule has 0 unspecified atom stereocenters. The first-order chi connectivity index (χ1) is 11.6. The van der Waals surface area contributed by atoms with Crippen LogP contribution in [0.5, 0.6) is 0 Å². The molecule has 6 heteroatoms. The minimum absolute atomic E-state index is 0.218. The monoisotopic (exact) mass is 329 g/mol. The summed E-state index contributed by atoms with van der Waals surface area (Å²) in [6.45, 7) is 2.34. The number of likely N-dealkylation sites (N-methyl/N-ethyl adjacent to an activating group) is 1. The van der Waals surface area contributed by atoms with Gasteiger partial charge in [0.1, 0.15) is 11.6 Å². The summed E-state index contributed by atoms with van der Waals surface area (Å²) in [4.78, 5) is 11.3. The van der Waals surface area contributed by atoms with E-state index in [4.69, 9.17) is 0 Å². The number of hydrogen-bond acceptors (Lipinski definition) is 5. The van der Waals surface area contributed by atoms with E-state index in [2.05, 4.69) is 25.5 Å². The molecule has 24 heavy (non-hydrogen) atoms. The van der Waals surface area contributed by atoms with Crippen molar-refractivity contribution in [1.82, 2.24) is 14.9 Å². The number of nitrogens with zero attached hydrogens (tertiary/aromatic N) is 3. The molecule has 0 bridgehead atoms. The second kappa shape index (κ2) is 7.57. The van der Waals surface area contributed by atoms with Crippen LogP contribution in [0.3, 0.4) is 0 Å². The first kappa shape index (κ1) is 16.6. The largest absolute Gasteiger partial charge is 0.366 e. The highest BCUT2D eigenvalue weighted by Gasteiger charge is 2.26. The molecular formula is C18H24FN5. The first-order valence-corrected chi connectivity index (χ1v) is 8.36. The zero-order valence-corrected chi connectivity index (χ0v) is 14.2. The van der Waals surface area contributed by atoms with Gasteiger partial charge in [-0.25, -0.2) is 9.37 Å². The van der Waals surface area contributed by atoms with Gasteiger partial charge in [0.2, 0.25) is 5.95 Å². The van der Waals surface area contributed by atoms with Crippen molar-refractivity contribution in [2.24, 2.45) is 0 Å². The Balaban J connectivity index is 1.66. The highest BCUT2D eigenvalue weighted by Crippen LogP contribution is 2.39. The van der Waals surface area contributed by atoms with Gasteiger partial charge in [0, 0.05) is 31.6 Å². The molecule has 0 amide bonds. The number of aromatic nitrogens is 2. The van der Waals surface area contributed by atoms with Gasteiger partial charge >= 0.3 is 0 Å². The van der Waals surface area contributed by atoms with E-state index in [1.165, 1.54) is 25.0 Å². The number of halogens is 1. The molecule has 0 atom stereocenters. The van der Waals surface area contributed by atoms with Crippen molar-refractivity contribution in [3.63, 3.8) is 0 Å². The van der Waals surface area contributed by atoms with Crippen LogP contribution < -0.4 is 10.6 Å². The summed E-state index contributed by atoms with van der Waals surface area (Å²) in [6, 6.07) is 8.53. The zero-order valence-electron chi connectivity index (χ0n) is 14.2. The molecule has 1 aliphatic rings. The van der Waals surface area contributed by atoms with Crippen LogP contribution in [0.25, 0.3) is 0 Å². The molecule has 0 radical (unpaired) electrons. The number of hydrogen-bond donors (Lipinski definition) is 2. The van der Waals surface area contributed by atoms with E-state index in [0.717, 1.165) is 30.2 Å². The van der Waals surface area contributed by atoms with E-state index >= 15 is 0 Å².